The van der Waals surface area contributed by atoms with Gasteiger partial charge in [-0.25, -0.2) is 0 Å². The minimum absolute atomic E-state index is 0.0647. The van der Waals surface area contributed by atoms with E-state index in [0.29, 0.717) is 31.8 Å². The van der Waals surface area contributed by atoms with Gasteiger partial charge < -0.3 is 14.4 Å². The van der Waals surface area contributed by atoms with Crippen molar-refractivity contribution in [1.82, 2.24) is 20.1 Å². The van der Waals surface area contributed by atoms with Gasteiger partial charge in [0.25, 0.3) is 5.91 Å². The summed E-state index contributed by atoms with van der Waals surface area (Å²) in [6, 6.07) is 5.68. The Labute approximate surface area is 147 Å². The van der Waals surface area contributed by atoms with Crippen LogP contribution in [-0.4, -0.2) is 52.4 Å². The SMILES string of the molecule is COCCN(Cc1ccccn1)C(=O)c1n[nH]c2c1C[C@H](C)O[C@@H]2C. The van der Waals surface area contributed by atoms with E-state index in [1.807, 2.05) is 32.0 Å². The highest BCUT2D eigenvalue weighted by molar-refractivity contribution is 5.94. The monoisotopic (exact) mass is 344 g/mol. The molecule has 0 bridgehead atoms. The summed E-state index contributed by atoms with van der Waals surface area (Å²) >= 11 is 0. The number of ether oxygens (including phenoxy) is 2. The van der Waals surface area contributed by atoms with Crippen LogP contribution < -0.4 is 0 Å². The number of rotatable bonds is 6. The Morgan fingerprint density at radius 3 is 3.00 bits per heavy atom. The highest BCUT2D eigenvalue weighted by Gasteiger charge is 2.31. The summed E-state index contributed by atoms with van der Waals surface area (Å²) in [4.78, 5) is 19.2. The number of aromatic nitrogens is 3. The van der Waals surface area contributed by atoms with E-state index in [-0.39, 0.29) is 18.1 Å². The van der Waals surface area contributed by atoms with Gasteiger partial charge in [-0.2, -0.15) is 5.10 Å². The van der Waals surface area contributed by atoms with E-state index in [1.54, 1.807) is 18.2 Å². The topological polar surface area (TPSA) is 80.3 Å². The number of methoxy groups -OCH3 is 1. The molecule has 0 radical (unpaired) electrons. The minimum atomic E-state index is -0.110. The largest absolute Gasteiger partial charge is 0.383 e. The fourth-order valence-corrected chi connectivity index (χ4v) is 3.14. The molecular formula is C18H24N4O3. The Morgan fingerprint density at radius 2 is 2.28 bits per heavy atom. The molecule has 0 saturated carbocycles. The van der Waals surface area contributed by atoms with E-state index < -0.39 is 0 Å². The van der Waals surface area contributed by atoms with E-state index in [4.69, 9.17) is 9.47 Å². The first kappa shape index (κ1) is 17.6. The maximum absolute atomic E-state index is 13.1. The van der Waals surface area contributed by atoms with Crippen LogP contribution in [0.25, 0.3) is 0 Å². The molecule has 25 heavy (non-hydrogen) atoms. The molecule has 7 nitrogen and oxygen atoms in total. The van der Waals surface area contributed by atoms with Crippen LogP contribution in [0.1, 0.15) is 47.4 Å². The summed E-state index contributed by atoms with van der Waals surface area (Å²) in [5, 5.41) is 7.28. The van der Waals surface area contributed by atoms with Crippen molar-refractivity contribution in [3.05, 3.63) is 47.0 Å². The molecular weight excluding hydrogens is 320 g/mol. The first-order chi connectivity index (χ1) is 12.1. The maximum atomic E-state index is 13.1. The highest BCUT2D eigenvalue weighted by atomic mass is 16.5. The quantitative estimate of drug-likeness (QED) is 0.868. The molecule has 0 saturated heterocycles. The molecule has 1 N–H and O–H groups in total. The lowest BCUT2D eigenvalue weighted by molar-refractivity contribution is -0.00703. The Morgan fingerprint density at radius 1 is 1.44 bits per heavy atom. The number of H-pyrrole nitrogens is 1. The fraction of sp³-hybridized carbons (Fsp3) is 0.500. The summed E-state index contributed by atoms with van der Waals surface area (Å²) < 4.78 is 11.0. The van der Waals surface area contributed by atoms with Crippen LogP contribution in [0, 0.1) is 0 Å². The van der Waals surface area contributed by atoms with Gasteiger partial charge in [-0.15, -0.1) is 0 Å². The summed E-state index contributed by atoms with van der Waals surface area (Å²) in [5.41, 5.74) is 3.16. The molecule has 3 rings (SSSR count). The van der Waals surface area contributed by atoms with Gasteiger partial charge in [0.05, 0.1) is 36.7 Å². The molecule has 2 aromatic rings. The molecule has 134 valence electrons. The van der Waals surface area contributed by atoms with Crippen LogP contribution in [0.4, 0.5) is 0 Å². The average Bonchev–Trinajstić information content (AvgIpc) is 3.03. The summed E-state index contributed by atoms with van der Waals surface area (Å²) in [5.74, 6) is -0.110. The van der Waals surface area contributed by atoms with Crippen molar-refractivity contribution >= 4 is 5.91 Å². The third-order valence-electron chi connectivity index (χ3n) is 4.37. The van der Waals surface area contributed by atoms with E-state index in [9.17, 15) is 4.79 Å². The molecule has 1 amide bonds. The molecule has 3 heterocycles. The van der Waals surface area contributed by atoms with Crippen LogP contribution >= 0.6 is 0 Å². The standard InChI is InChI=1S/C18H24N4O3/c1-12-10-15-16(13(2)25-12)20-21-17(15)18(23)22(8-9-24-3)11-14-6-4-5-7-19-14/h4-7,12-13H,8-11H2,1-3H3,(H,20,21)/t12-,13+/m0/s1. The third-order valence-corrected chi connectivity index (χ3v) is 4.37. The number of hydrogen-bond donors (Lipinski definition) is 1. The Kier molecular flexibility index (Phi) is 5.45. The molecule has 2 atom stereocenters. The summed E-state index contributed by atoms with van der Waals surface area (Å²) in [6.07, 6.45) is 2.38. The van der Waals surface area contributed by atoms with Gasteiger partial charge in [-0.3, -0.25) is 14.9 Å². The Hall–Kier alpha value is -2.25. The third kappa shape index (κ3) is 3.88. The first-order valence-corrected chi connectivity index (χ1v) is 8.50. The number of amides is 1. The average molecular weight is 344 g/mol. The van der Waals surface area contributed by atoms with Crippen molar-refractivity contribution in [3.63, 3.8) is 0 Å². The van der Waals surface area contributed by atoms with Gasteiger partial charge in [0.1, 0.15) is 0 Å². The number of nitrogens with one attached hydrogen (secondary N) is 1. The molecule has 0 fully saturated rings. The van der Waals surface area contributed by atoms with Gasteiger partial charge in [0, 0.05) is 31.8 Å². The van der Waals surface area contributed by atoms with Crippen LogP contribution in [0.15, 0.2) is 24.4 Å². The lowest BCUT2D eigenvalue weighted by Gasteiger charge is -2.26. The number of carbonyl (C=O) groups excluding carboxylic acids is 1. The van der Waals surface area contributed by atoms with E-state index in [1.165, 1.54) is 0 Å². The summed E-state index contributed by atoms with van der Waals surface area (Å²) in [7, 11) is 1.63. The molecule has 0 aromatic carbocycles. The van der Waals surface area contributed by atoms with Crippen molar-refractivity contribution in [1.29, 1.82) is 0 Å². The smallest absolute Gasteiger partial charge is 0.275 e. The van der Waals surface area contributed by atoms with Gasteiger partial charge in [-0.1, -0.05) is 6.07 Å². The van der Waals surface area contributed by atoms with Crippen molar-refractivity contribution in [2.24, 2.45) is 0 Å². The van der Waals surface area contributed by atoms with Gasteiger partial charge in [0.15, 0.2) is 5.69 Å². The zero-order valence-corrected chi connectivity index (χ0v) is 14.9. The zero-order chi connectivity index (χ0) is 17.8. The summed E-state index contributed by atoms with van der Waals surface area (Å²) in [6.45, 7) is 5.34. The van der Waals surface area contributed by atoms with Gasteiger partial charge in [0.2, 0.25) is 0 Å². The predicted molar refractivity (Wildman–Crippen MR) is 92.1 cm³/mol. The number of fused-ring (bicyclic) bond motifs is 1. The van der Waals surface area contributed by atoms with E-state index in [2.05, 4.69) is 15.2 Å². The lowest BCUT2D eigenvalue weighted by atomic mass is 9.99. The molecule has 0 spiro atoms. The van der Waals surface area contributed by atoms with Crippen LogP contribution in [0.3, 0.4) is 0 Å². The Balaban J connectivity index is 1.85. The molecule has 7 heteroatoms. The first-order valence-electron chi connectivity index (χ1n) is 8.50. The molecule has 1 aliphatic heterocycles. The number of carbonyl (C=O) groups is 1. The molecule has 0 unspecified atom stereocenters. The lowest BCUT2D eigenvalue weighted by Crippen LogP contribution is -2.35. The van der Waals surface area contributed by atoms with Gasteiger partial charge >= 0.3 is 0 Å². The maximum Gasteiger partial charge on any atom is 0.275 e. The zero-order valence-electron chi connectivity index (χ0n) is 14.9. The van der Waals surface area contributed by atoms with Crippen molar-refractivity contribution in [2.75, 3.05) is 20.3 Å². The fourth-order valence-electron chi connectivity index (χ4n) is 3.14. The second-order valence-electron chi connectivity index (χ2n) is 6.30. The van der Waals surface area contributed by atoms with Crippen LogP contribution in [-0.2, 0) is 22.4 Å². The highest BCUT2D eigenvalue weighted by Crippen LogP contribution is 2.30. The second-order valence-corrected chi connectivity index (χ2v) is 6.30. The minimum Gasteiger partial charge on any atom is -0.383 e. The number of hydrogen-bond acceptors (Lipinski definition) is 5. The normalized spacial score (nSPS) is 19.5. The number of nitrogens with zero attached hydrogens (tertiary/aromatic N) is 3. The van der Waals surface area contributed by atoms with Gasteiger partial charge in [-0.05, 0) is 26.0 Å². The van der Waals surface area contributed by atoms with Crippen LogP contribution in [0.2, 0.25) is 0 Å². The van der Waals surface area contributed by atoms with Crippen molar-refractivity contribution < 1.29 is 14.3 Å². The molecule has 2 aromatic heterocycles. The predicted octanol–water partition coefficient (Wildman–Crippen LogP) is 2.12. The molecule has 1 aliphatic rings. The van der Waals surface area contributed by atoms with Crippen LogP contribution in [0.5, 0.6) is 0 Å². The molecule has 0 aliphatic carbocycles. The van der Waals surface area contributed by atoms with Crippen molar-refractivity contribution in [3.8, 4) is 0 Å². The van der Waals surface area contributed by atoms with Crippen molar-refractivity contribution in [2.45, 2.75) is 39.0 Å². The Bertz CT molecular complexity index is 716. The number of aromatic amines is 1. The van der Waals surface area contributed by atoms with E-state index >= 15 is 0 Å². The number of pyridine rings is 1. The second kappa shape index (κ2) is 7.76. The van der Waals surface area contributed by atoms with E-state index in [0.717, 1.165) is 17.0 Å².